The predicted molar refractivity (Wildman–Crippen MR) is 79.2 cm³/mol. The molecule has 2 aromatic carbocycles. The summed E-state index contributed by atoms with van der Waals surface area (Å²) in [6, 6.07) is 15.1. The third-order valence-electron chi connectivity index (χ3n) is 3.26. The van der Waals surface area contributed by atoms with Crippen molar-refractivity contribution in [1.82, 2.24) is 0 Å². The molecule has 0 radical (unpaired) electrons. The van der Waals surface area contributed by atoms with Crippen LogP contribution in [0, 0.1) is 0 Å². The van der Waals surface area contributed by atoms with Crippen LogP contribution in [-0.4, -0.2) is 22.9 Å². The molecule has 0 aliphatic rings. The molecule has 0 bridgehead atoms. The van der Waals surface area contributed by atoms with Crippen LogP contribution in [0.25, 0.3) is 0 Å². The molecule has 2 aromatic rings. The zero-order chi connectivity index (χ0) is 14.5. The van der Waals surface area contributed by atoms with Crippen molar-refractivity contribution in [3.63, 3.8) is 0 Å². The first kappa shape index (κ1) is 14.4. The van der Waals surface area contributed by atoms with Gasteiger partial charge in [-0.05, 0) is 42.3 Å². The molecule has 0 fully saturated rings. The monoisotopic (exact) mass is 272 g/mol. The minimum Gasteiger partial charge on any atom is -0.508 e. The summed E-state index contributed by atoms with van der Waals surface area (Å²) in [7, 11) is 0. The van der Waals surface area contributed by atoms with Gasteiger partial charge < -0.3 is 14.9 Å². The average molecular weight is 272 g/mol. The summed E-state index contributed by atoms with van der Waals surface area (Å²) in [5.41, 5.74) is 2.33. The molecule has 2 unspecified atom stereocenters. The third-order valence-corrected chi connectivity index (χ3v) is 3.26. The second-order valence-electron chi connectivity index (χ2n) is 5.04. The fourth-order valence-corrected chi connectivity index (χ4v) is 2.03. The highest BCUT2D eigenvalue weighted by atomic mass is 16.5. The molecule has 2 atom stereocenters. The lowest BCUT2D eigenvalue weighted by Gasteiger charge is -2.14. The Morgan fingerprint density at radius 2 is 1.40 bits per heavy atom. The van der Waals surface area contributed by atoms with E-state index in [1.54, 1.807) is 19.1 Å². The Hall–Kier alpha value is -2.00. The summed E-state index contributed by atoms with van der Waals surface area (Å²) in [6.45, 7) is 4.12. The van der Waals surface area contributed by atoms with E-state index in [9.17, 15) is 10.2 Å². The van der Waals surface area contributed by atoms with E-state index in [4.69, 9.17) is 4.74 Å². The van der Waals surface area contributed by atoms with Crippen molar-refractivity contribution in [2.45, 2.75) is 25.9 Å². The summed E-state index contributed by atoms with van der Waals surface area (Å²) in [5, 5.41) is 18.5. The number of hydrogen-bond acceptors (Lipinski definition) is 3. The molecule has 20 heavy (non-hydrogen) atoms. The minimum atomic E-state index is -0.467. The Labute approximate surface area is 119 Å². The van der Waals surface area contributed by atoms with Gasteiger partial charge in [0.25, 0.3) is 0 Å². The Morgan fingerprint density at radius 3 is 1.90 bits per heavy atom. The van der Waals surface area contributed by atoms with Crippen LogP contribution in [0.15, 0.2) is 48.5 Å². The first-order valence-electron chi connectivity index (χ1n) is 6.76. The highest BCUT2D eigenvalue weighted by Crippen LogP contribution is 2.26. The maximum atomic E-state index is 9.31. The van der Waals surface area contributed by atoms with Gasteiger partial charge >= 0.3 is 0 Å². The third kappa shape index (κ3) is 3.75. The molecule has 0 aromatic heterocycles. The Bertz CT molecular complexity index is 529. The van der Waals surface area contributed by atoms with Gasteiger partial charge in [-0.15, -0.1) is 0 Å². The zero-order valence-corrected chi connectivity index (χ0v) is 11.8. The van der Waals surface area contributed by atoms with Crippen molar-refractivity contribution < 1.29 is 14.9 Å². The Morgan fingerprint density at radius 1 is 0.900 bits per heavy atom. The van der Waals surface area contributed by atoms with Gasteiger partial charge in [-0.3, -0.25) is 0 Å². The minimum absolute atomic E-state index is 0.251. The van der Waals surface area contributed by atoms with Gasteiger partial charge in [0.05, 0.1) is 6.10 Å². The molecule has 0 aliphatic carbocycles. The molecular formula is C17H20O3. The molecular weight excluding hydrogens is 252 g/mol. The van der Waals surface area contributed by atoms with Gasteiger partial charge in [0.15, 0.2) is 0 Å². The number of aromatic hydroxyl groups is 1. The molecule has 106 valence electrons. The van der Waals surface area contributed by atoms with Gasteiger partial charge in [-0.1, -0.05) is 31.2 Å². The molecule has 0 saturated heterocycles. The summed E-state index contributed by atoms with van der Waals surface area (Å²) in [6.07, 6.45) is -0.467. The molecule has 0 heterocycles. The van der Waals surface area contributed by atoms with Crippen molar-refractivity contribution in [2.24, 2.45) is 0 Å². The van der Waals surface area contributed by atoms with Crippen molar-refractivity contribution in [3.05, 3.63) is 59.7 Å². The van der Waals surface area contributed by atoms with Crippen LogP contribution in [0.3, 0.4) is 0 Å². The van der Waals surface area contributed by atoms with Crippen LogP contribution in [-0.2, 0) is 0 Å². The highest BCUT2D eigenvalue weighted by Gasteiger charge is 2.08. The SMILES string of the molecule is CC(O)COc1ccc(C(C)c2ccc(O)cc2)cc1. The number of ether oxygens (including phenoxy) is 1. The predicted octanol–water partition coefficient (Wildman–Crippen LogP) is 3.30. The number of aliphatic hydroxyl groups is 1. The number of phenolic OH excluding ortho intramolecular Hbond substituents is 1. The molecule has 0 amide bonds. The summed E-state index contributed by atoms with van der Waals surface area (Å²) >= 11 is 0. The van der Waals surface area contributed by atoms with Crippen molar-refractivity contribution in [1.29, 1.82) is 0 Å². The maximum Gasteiger partial charge on any atom is 0.119 e. The lowest BCUT2D eigenvalue weighted by Crippen LogP contribution is -2.12. The normalized spacial score (nSPS) is 13.8. The van der Waals surface area contributed by atoms with Crippen LogP contribution < -0.4 is 4.74 Å². The number of benzene rings is 2. The Kier molecular flexibility index (Phi) is 4.64. The van der Waals surface area contributed by atoms with E-state index in [0.29, 0.717) is 6.61 Å². The zero-order valence-electron chi connectivity index (χ0n) is 11.8. The van der Waals surface area contributed by atoms with Crippen molar-refractivity contribution >= 4 is 0 Å². The van der Waals surface area contributed by atoms with Crippen LogP contribution >= 0.6 is 0 Å². The molecule has 0 saturated carbocycles. The maximum absolute atomic E-state index is 9.31. The largest absolute Gasteiger partial charge is 0.508 e. The molecule has 0 aliphatic heterocycles. The van der Waals surface area contributed by atoms with E-state index in [2.05, 4.69) is 6.92 Å². The van der Waals surface area contributed by atoms with E-state index in [1.807, 2.05) is 36.4 Å². The van der Waals surface area contributed by atoms with E-state index < -0.39 is 6.10 Å². The summed E-state index contributed by atoms with van der Waals surface area (Å²) in [5.74, 6) is 1.29. The second kappa shape index (κ2) is 6.44. The second-order valence-corrected chi connectivity index (χ2v) is 5.04. The van der Waals surface area contributed by atoms with Crippen molar-refractivity contribution in [2.75, 3.05) is 6.61 Å². The average Bonchev–Trinajstić information content (AvgIpc) is 2.46. The van der Waals surface area contributed by atoms with E-state index in [1.165, 1.54) is 5.56 Å². The van der Waals surface area contributed by atoms with Gasteiger partial charge in [-0.25, -0.2) is 0 Å². The van der Waals surface area contributed by atoms with E-state index in [-0.39, 0.29) is 11.7 Å². The topological polar surface area (TPSA) is 49.7 Å². The molecule has 3 heteroatoms. The quantitative estimate of drug-likeness (QED) is 0.878. The number of phenols is 1. The standard InChI is InChI=1S/C17H20O3/c1-12(18)11-20-17-9-5-15(6-10-17)13(2)14-3-7-16(19)8-4-14/h3-10,12-13,18-19H,11H2,1-2H3. The van der Waals surface area contributed by atoms with E-state index in [0.717, 1.165) is 11.3 Å². The van der Waals surface area contributed by atoms with Gasteiger partial charge in [0.2, 0.25) is 0 Å². The number of hydrogen-bond donors (Lipinski definition) is 2. The molecule has 2 N–H and O–H groups in total. The van der Waals surface area contributed by atoms with Crippen LogP contribution in [0.1, 0.15) is 30.9 Å². The smallest absolute Gasteiger partial charge is 0.119 e. The summed E-state index contributed by atoms with van der Waals surface area (Å²) in [4.78, 5) is 0. The van der Waals surface area contributed by atoms with Gasteiger partial charge in [-0.2, -0.15) is 0 Å². The lowest BCUT2D eigenvalue weighted by molar-refractivity contribution is 0.122. The highest BCUT2D eigenvalue weighted by molar-refractivity contribution is 5.37. The van der Waals surface area contributed by atoms with Crippen LogP contribution in [0.4, 0.5) is 0 Å². The Balaban J connectivity index is 2.07. The molecule has 0 spiro atoms. The van der Waals surface area contributed by atoms with Crippen LogP contribution in [0.2, 0.25) is 0 Å². The number of aliphatic hydroxyl groups excluding tert-OH is 1. The van der Waals surface area contributed by atoms with Gasteiger partial charge in [0.1, 0.15) is 18.1 Å². The van der Waals surface area contributed by atoms with E-state index >= 15 is 0 Å². The first-order chi connectivity index (χ1) is 9.56. The summed E-state index contributed by atoms with van der Waals surface area (Å²) < 4.78 is 5.44. The van der Waals surface area contributed by atoms with Crippen LogP contribution in [0.5, 0.6) is 11.5 Å². The molecule has 2 rings (SSSR count). The first-order valence-corrected chi connectivity index (χ1v) is 6.76. The fourth-order valence-electron chi connectivity index (χ4n) is 2.03. The fraction of sp³-hybridized carbons (Fsp3) is 0.294. The lowest BCUT2D eigenvalue weighted by atomic mass is 9.93. The number of rotatable bonds is 5. The van der Waals surface area contributed by atoms with Crippen molar-refractivity contribution in [3.8, 4) is 11.5 Å². The van der Waals surface area contributed by atoms with Gasteiger partial charge in [0, 0.05) is 5.92 Å². The molecule has 3 nitrogen and oxygen atoms in total.